The summed E-state index contributed by atoms with van der Waals surface area (Å²) in [7, 11) is 1.40. The van der Waals surface area contributed by atoms with Crippen LogP contribution in [0.4, 0.5) is 0 Å². The lowest BCUT2D eigenvalue weighted by Gasteiger charge is -2.09. The number of aryl methyl sites for hydroxylation is 2. The Hall–Kier alpha value is -1.55. The molecule has 0 saturated heterocycles. The number of benzene rings is 1. The van der Waals surface area contributed by atoms with Crippen LogP contribution < -0.4 is 0 Å². The molecule has 4 heteroatoms. The summed E-state index contributed by atoms with van der Waals surface area (Å²) < 4.78 is 4.67. The van der Waals surface area contributed by atoms with Crippen molar-refractivity contribution in [3.05, 3.63) is 35.4 Å². The highest BCUT2D eigenvalue weighted by molar-refractivity contribution is 7.99. The fraction of sp³-hybridized carbons (Fsp3) is 0.333. The predicted molar refractivity (Wildman–Crippen MR) is 78.6 cm³/mol. The van der Waals surface area contributed by atoms with Crippen molar-refractivity contribution < 1.29 is 9.53 Å². The molecule has 0 unspecified atom stereocenters. The molecule has 19 heavy (non-hydrogen) atoms. The maximum absolute atomic E-state index is 11.2. The average molecular weight is 275 g/mol. The maximum Gasteiger partial charge on any atom is 0.316 e. The molecule has 0 saturated carbocycles. The van der Waals surface area contributed by atoms with Gasteiger partial charge < -0.3 is 4.74 Å². The number of hydrogen-bond acceptors (Lipinski definition) is 4. The van der Waals surface area contributed by atoms with Gasteiger partial charge in [-0.1, -0.05) is 36.9 Å². The third kappa shape index (κ3) is 3.07. The van der Waals surface area contributed by atoms with Crippen molar-refractivity contribution in [2.45, 2.75) is 25.3 Å². The van der Waals surface area contributed by atoms with Gasteiger partial charge in [0.05, 0.1) is 18.4 Å². The Morgan fingerprint density at radius 1 is 1.42 bits per heavy atom. The number of carbonyl (C=O) groups excluding carboxylic acids is 1. The Morgan fingerprint density at radius 2 is 2.21 bits per heavy atom. The van der Waals surface area contributed by atoms with Gasteiger partial charge in [-0.3, -0.25) is 4.79 Å². The Balaban J connectivity index is 2.41. The number of para-hydroxylation sites is 1. The molecule has 0 bridgehead atoms. The van der Waals surface area contributed by atoms with Crippen molar-refractivity contribution in [3.8, 4) is 0 Å². The van der Waals surface area contributed by atoms with E-state index in [0.717, 1.165) is 27.9 Å². The summed E-state index contributed by atoms with van der Waals surface area (Å²) in [6.07, 6.45) is 0.903. The third-order valence-electron chi connectivity index (χ3n) is 3.02. The van der Waals surface area contributed by atoms with Crippen LogP contribution in [0, 0.1) is 6.92 Å². The zero-order chi connectivity index (χ0) is 13.8. The average Bonchev–Trinajstić information content (AvgIpc) is 2.44. The van der Waals surface area contributed by atoms with Crippen LogP contribution in [0.1, 0.15) is 18.1 Å². The van der Waals surface area contributed by atoms with E-state index in [0.29, 0.717) is 5.75 Å². The van der Waals surface area contributed by atoms with Crippen molar-refractivity contribution in [1.29, 1.82) is 0 Å². The van der Waals surface area contributed by atoms with E-state index in [4.69, 9.17) is 4.98 Å². The fourth-order valence-electron chi connectivity index (χ4n) is 1.94. The van der Waals surface area contributed by atoms with Crippen LogP contribution in [0.25, 0.3) is 10.9 Å². The normalized spacial score (nSPS) is 10.7. The van der Waals surface area contributed by atoms with Crippen LogP contribution in [0.15, 0.2) is 29.3 Å². The quantitative estimate of drug-likeness (QED) is 0.633. The first kappa shape index (κ1) is 13.9. The smallest absolute Gasteiger partial charge is 0.316 e. The summed E-state index contributed by atoms with van der Waals surface area (Å²) in [6, 6.07) is 8.33. The van der Waals surface area contributed by atoms with E-state index in [2.05, 4.69) is 36.8 Å². The Bertz CT molecular complexity index is 610. The van der Waals surface area contributed by atoms with Gasteiger partial charge >= 0.3 is 5.97 Å². The van der Waals surface area contributed by atoms with Crippen molar-refractivity contribution >= 4 is 28.6 Å². The Kier molecular flexibility index (Phi) is 4.43. The second-order valence-corrected chi connectivity index (χ2v) is 5.28. The van der Waals surface area contributed by atoms with Crippen LogP contribution in [0.5, 0.6) is 0 Å². The van der Waals surface area contributed by atoms with Crippen molar-refractivity contribution in [2.24, 2.45) is 0 Å². The topological polar surface area (TPSA) is 39.2 Å². The number of ether oxygens (including phenoxy) is 1. The first-order valence-corrected chi connectivity index (χ1v) is 7.23. The third-order valence-corrected chi connectivity index (χ3v) is 4.03. The molecule has 0 aliphatic rings. The zero-order valence-electron chi connectivity index (χ0n) is 11.4. The van der Waals surface area contributed by atoms with E-state index in [1.165, 1.54) is 24.4 Å². The molecule has 1 aromatic carbocycles. The van der Waals surface area contributed by atoms with Crippen molar-refractivity contribution in [2.75, 3.05) is 12.9 Å². The molecule has 0 fully saturated rings. The van der Waals surface area contributed by atoms with Gasteiger partial charge in [0.2, 0.25) is 0 Å². The molecule has 0 atom stereocenters. The predicted octanol–water partition coefficient (Wildman–Crippen LogP) is 3.37. The van der Waals surface area contributed by atoms with E-state index in [1.807, 2.05) is 6.07 Å². The largest absolute Gasteiger partial charge is 0.468 e. The van der Waals surface area contributed by atoms with E-state index in [1.54, 1.807) is 0 Å². The summed E-state index contributed by atoms with van der Waals surface area (Å²) in [5, 5.41) is 2.08. The summed E-state index contributed by atoms with van der Waals surface area (Å²) in [4.78, 5) is 16.0. The van der Waals surface area contributed by atoms with Crippen molar-refractivity contribution in [3.63, 3.8) is 0 Å². The molecule has 1 heterocycles. The van der Waals surface area contributed by atoms with Crippen LogP contribution >= 0.6 is 11.8 Å². The van der Waals surface area contributed by atoms with Gasteiger partial charge in [0.15, 0.2) is 0 Å². The zero-order valence-corrected chi connectivity index (χ0v) is 12.2. The lowest BCUT2D eigenvalue weighted by atomic mass is 10.1. The molecule has 2 rings (SSSR count). The number of methoxy groups -OCH3 is 1. The Labute approximate surface area is 117 Å². The van der Waals surface area contributed by atoms with Crippen molar-refractivity contribution in [1.82, 2.24) is 4.98 Å². The highest BCUT2D eigenvalue weighted by atomic mass is 32.2. The van der Waals surface area contributed by atoms with Gasteiger partial charge in [0.1, 0.15) is 5.03 Å². The molecular formula is C15H17NO2S. The van der Waals surface area contributed by atoms with Gasteiger partial charge in [0, 0.05) is 5.39 Å². The minimum Gasteiger partial charge on any atom is -0.468 e. The highest BCUT2D eigenvalue weighted by Crippen LogP contribution is 2.26. The molecule has 0 radical (unpaired) electrons. The molecule has 0 amide bonds. The number of nitrogens with zero attached hydrogens (tertiary/aromatic N) is 1. The summed E-state index contributed by atoms with van der Waals surface area (Å²) in [5.74, 6) is 0.0761. The number of thioether (sulfide) groups is 1. The minimum absolute atomic E-state index is 0.223. The summed E-state index contributed by atoms with van der Waals surface area (Å²) in [6.45, 7) is 4.15. The van der Waals surface area contributed by atoms with Gasteiger partial charge in [-0.2, -0.15) is 0 Å². The molecule has 0 aliphatic carbocycles. The molecule has 0 aliphatic heterocycles. The maximum atomic E-state index is 11.2. The van der Waals surface area contributed by atoms with Gasteiger partial charge in [-0.05, 0) is 30.5 Å². The number of rotatable bonds is 4. The number of carbonyl (C=O) groups is 1. The minimum atomic E-state index is -0.223. The highest BCUT2D eigenvalue weighted by Gasteiger charge is 2.10. The molecule has 3 nitrogen and oxygen atoms in total. The van der Waals surface area contributed by atoms with E-state index < -0.39 is 0 Å². The standard InChI is InChI=1S/C15H17NO2S/c1-4-11-8-12-7-5-6-10(2)14(12)16-15(11)19-9-13(17)18-3/h5-8H,4,9H2,1-3H3. The molecule has 1 aromatic heterocycles. The lowest BCUT2D eigenvalue weighted by molar-refractivity contribution is -0.137. The van der Waals surface area contributed by atoms with Crippen LogP contribution in [-0.4, -0.2) is 23.8 Å². The van der Waals surface area contributed by atoms with Crippen LogP contribution in [0.3, 0.4) is 0 Å². The number of fused-ring (bicyclic) bond motifs is 1. The van der Waals surface area contributed by atoms with Gasteiger partial charge in [-0.15, -0.1) is 0 Å². The van der Waals surface area contributed by atoms with Gasteiger partial charge in [0.25, 0.3) is 0 Å². The number of pyridine rings is 1. The molecular weight excluding hydrogens is 258 g/mol. The molecule has 2 aromatic rings. The molecule has 0 N–H and O–H groups in total. The summed E-state index contributed by atoms with van der Waals surface area (Å²) >= 11 is 1.44. The van der Waals surface area contributed by atoms with Gasteiger partial charge in [-0.25, -0.2) is 4.98 Å². The van der Waals surface area contributed by atoms with E-state index >= 15 is 0 Å². The van der Waals surface area contributed by atoms with E-state index in [-0.39, 0.29) is 5.97 Å². The number of hydrogen-bond donors (Lipinski definition) is 0. The Morgan fingerprint density at radius 3 is 2.89 bits per heavy atom. The first-order valence-electron chi connectivity index (χ1n) is 6.24. The summed E-state index contributed by atoms with van der Waals surface area (Å²) in [5.41, 5.74) is 3.33. The molecule has 100 valence electrons. The van der Waals surface area contributed by atoms with Crippen LogP contribution in [-0.2, 0) is 16.0 Å². The van der Waals surface area contributed by atoms with E-state index in [9.17, 15) is 4.79 Å². The second kappa shape index (κ2) is 6.06. The number of aromatic nitrogens is 1. The lowest BCUT2D eigenvalue weighted by Crippen LogP contribution is -2.04. The SMILES string of the molecule is CCc1cc2cccc(C)c2nc1SCC(=O)OC. The monoisotopic (exact) mass is 275 g/mol. The fourth-order valence-corrected chi connectivity index (χ4v) is 2.86. The number of esters is 1. The van der Waals surface area contributed by atoms with Crippen LogP contribution in [0.2, 0.25) is 0 Å². The second-order valence-electron chi connectivity index (χ2n) is 4.32. The first-order chi connectivity index (χ1) is 9.15. The molecule has 0 spiro atoms.